The molecular weight excluding hydrogens is 310 g/mol. The molecule has 2 aromatic rings. The number of amides is 2. The number of aromatic nitrogens is 1. The minimum atomic E-state index is -0.0725. The van der Waals surface area contributed by atoms with Crippen LogP contribution in [0.15, 0.2) is 33.7 Å². The van der Waals surface area contributed by atoms with Crippen molar-refractivity contribution in [2.75, 3.05) is 12.8 Å². The highest BCUT2D eigenvalue weighted by molar-refractivity contribution is 7.99. The molecule has 0 bridgehead atoms. The van der Waals surface area contributed by atoms with E-state index in [0.29, 0.717) is 6.54 Å². The Morgan fingerprint density at radius 2 is 2.22 bits per heavy atom. The summed E-state index contributed by atoms with van der Waals surface area (Å²) in [5, 5.41) is 7.09. The Morgan fingerprint density at radius 3 is 2.96 bits per heavy atom. The molecule has 2 amide bonds. The lowest BCUT2D eigenvalue weighted by atomic mass is 10.0. The van der Waals surface area contributed by atoms with Crippen LogP contribution in [0.4, 0.5) is 4.79 Å². The van der Waals surface area contributed by atoms with Gasteiger partial charge < -0.3 is 14.7 Å². The highest BCUT2D eigenvalue weighted by Crippen LogP contribution is 2.35. The first-order valence-electron chi connectivity index (χ1n) is 7.71. The molecule has 3 rings (SSSR count). The molecule has 2 heterocycles. The van der Waals surface area contributed by atoms with Gasteiger partial charge >= 0.3 is 6.03 Å². The summed E-state index contributed by atoms with van der Waals surface area (Å²) >= 11 is 1.85. The molecule has 1 aliphatic heterocycles. The second-order valence-electron chi connectivity index (χ2n) is 5.84. The fraction of sp³-hybridized carbons (Fsp3) is 0.412. The van der Waals surface area contributed by atoms with Crippen molar-refractivity contribution in [1.29, 1.82) is 0 Å². The summed E-state index contributed by atoms with van der Waals surface area (Å²) in [6.45, 7) is 4.26. The first-order chi connectivity index (χ1) is 11.1. The Hall–Kier alpha value is -1.95. The number of nitrogens with one attached hydrogen (secondary N) is 1. The Balaban J connectivity index is 1.68. The summed E-state index contributed by atoms with van der Waals surface area (Å²) in [4.78, 5) is 15.5. The van der Waals surface area contributed by atoms with E-state index in [9.17, 15) is 4.79 Å². The average molecular weight is 331 g/mol. The molecule has 0 saturated carbocycles. The lowest BCUT2D eigenvalue weighted by Gasteiger charge is -2.28. The van der Waals surface area contributed by atoms with Gasteiger partial charge in [0.15, 0.2) is 0 Å². The second-order valence-corrected chi connectivity index (χ2v) is 6.97. The van der Waals surface area contributed by atoms with Crippen LogP contribution in [0.5, 0.6) is 0 Å². The molecule has 6 heteroatoms. The van der Waals surface area contributed by atoms with E-state index in [-0.39, 0.29) is 12.1 Å². The molecule has 0 saturated heterocycles. The fourth-order valence-corrected chi connectivity index (χ4v) is 3.91. The van der Waals surface area contributed by atoms with Crippen LogP contribution in [0.25, 0.3) is 0 Å². The predicted molar refractivity (Wildman–Crippen MR) is 90.5 cm³/mol. The Kier molecular flexibility index (Phi) is 4.61. The summed E-state index contributed by atoms with van der Waals surface area (Å²) in [5.41, 5.74) is 3.02. The second kappa shape index (κ2) is 6.66. The number of nitrogens with zero attached hydrogens (tertiary/aromatic N) is 2. The molecule has 5 nitrogen and oxygen atoms in total. The zero-order valence-electron chi connectivity index (χ0n) is 13.6. The van der Waals surface area contributed by atoms with Crippen LogP contribution in [0.2, 0.25) is 0 Å². The van der Waals surface area contributed by atoms with Gasteiger partial charge in [-0.3, -0.25) is 0 Å². The van der Waals surface area contributed by atoms with Crippen molar-refractivity contribution in [1.82, 2.24) is 15.4 Å². The van der Waals surface area contributed by atoms with E-state index in [4.69, 9.17) is 4.52 Å². The van der Waals surface area contributed by atoms with E-state index < -0.39 is 0 Å². The third kappa shape index (κ3) is 3.37. The van der Waals surface area contributed by atoms with Crippen LogP contribution in [0.3, 0.4) is 0 Å². The standard InChI is InChI=1S/C17H21N3O2S/c1-11-14(12(2)22-19-11)10-20(3)17(21)18-15-8-9-23-16-7-5-4-6-13(15)16/h4-7,15H,8-10H2,1-3H3,(H,18,21). The van der Waals surface area contributed by atoms with Gasteiger partial charge in [0, 0.05) is 23.3 Å². The monoisotopic (exact) mass is 331 g/mol. The quantitative estimate of drug-likeness (QED) is 0.932. The Morgan fingerprint density at radius 1 is 1.43 bits per heavy atom. The lowest BCUT2D eigenvalue weighted by Crippen LogP contribution is -2.40. The SMILES string of the molecule is Cc1noc(C)c1CN(C)C(=O)NC1CCSc2ccccc21. The zero-order valence-corrected chi connectivity index (χ0v) is 14.4. The van der Waals surface area contributed by atoms with Gasteiger partial charge in [-0.05, 0) is 31.9 Å². The molecule has 0 aliphatic carbocycles. The van der Waals surface area contributed by atoms with Crippen LogP contribution in [0.1, 0.15) is 35.0 Å². The number of hydrogen-bond donors (Lipinski definition) is 1. The van der Waals surface area contributed by atoms with Gasteiger partial charge in [-0.2, -0.15) is 0 Å². The number of urea groups is 1. The van der Waals surface area contributed by atoms with E-state index >= 15 is 0 Å². The molecule has 1 unspecified atom stereocenters. The molecule has 0 spiro atoms. The van der Waals surface area contributed by atoms with Crippen LogP contribution in [0, 0.1) is 13.8 Å². The first-order valence-corrected chi connectivity index (χ1v) is 8.70. The number of aryl methyl sites for hydroxylation is 2. The smallest absolute Gasteiger partial charge is 0.317 e. The maximum Gasteiger partial charge on any atom is 0.317 e. The number of rotatable bonds is 3. The van der Waals surface area contributed by atoms with Gasteiger partial charge in [-0.1, -0.05) is 23.4 Å². The molecule has 0 fully saturated rings. The maximum atomic E-state index is 12.5. The molecule has 1 aromatic heterocycles. The number of hydrogen-bond acceptors (Lipinski definition) is 4. The molecule has 1 atom stereocenters. The summed E-state index contributed by atoms with van der Waals surface area (Å²) in [6.07, 6.45) is 0.951. The third-order valence-electron chi connectivity index (χ3n) is 4.18. The summed E-state index contributed by atoms with van der Waals surface area (Å²) in [5.74, 6) is 1.79. The van der Waals surface area contributed by atoms with Crippen molar-refractivity contribution in [3.05, 3.63) is 46.8 Å². The normalized spacial score (nSPS) is 16.7. The van der Waals surface area contributed by atoms with E-state index in [1.807, 2.05) is 37.7 Å². The van der Waals surface area contributed by atoms with Gasteiger partial charge in [-0.15, -0.1) is 11.8 Å². The molecule has 122 valence electrons. The van der Waals surface area contributed by atoms with Crippen LogP contribution in [-0.2, 0) is 6.54 Å². The summed E-state index contributed by atoms with van der Waals surface area (Å²) in [6, 6.07) is 8.28. The van der Waals surface area contributed by atoms with E-state index in [1.54, 1.807) is 11.9 Å². The van der Waals surface area contributed by atoms with Crippen LogP contribution in [-0.4, -0.2) is 28.9 Å². The van der Waals surface area contributed by atoms with Crippen molar-refractivity contribution >= 4 is 17.8 Å². The summed E-state index contributed by atoms with van der Waals surface area (Å²) < 4.78 is 5.16. The Labute approximate surface area is 140 Å². The van der Waals surface area contributed by atoms with E-state index in [2.05, 4.69) is 22.6 Å². The minimum absolute atomic E-state index is 0.0725. The Bertz CT molecular complexity index is 694. The van der Waals surface area contributed by atoms with Crippen LogP contribution >= 0.6 is 11.8 Å². The minimum Gasteiger partial charge on any atom is -0.361 e. The topological polar surface area (TPSA) is 58.4 Å². The largest absolute Gasteiger partial charge is 0.361 e. The van der Waals surface area contributed by atoms with Gasteiger partial charge in [0.1, 0.15) is 5.76 Å². The van der Waals surface area contributed by atoms with Gasteiger partial charge in [0.05, 0.1) is 18.3 Å². The van der Waals surface area contributed by atoms with Crippen molar-refractivity contribution in [3.8, 4) is 0 Å². The predicted octanol–water partition coefficient (Wildman–Crippen LogP) is 3.67. The molecular formula is C17H21N3O2S. The fourth-order valence-electron chi connectivity index (χ4n) is 2.79. The zero-order chi connectivity index (χ0) is 16.4. The molecule has 1 aromatic carbocycles. The first kappa shape index (κ1) is 15.9. The average Bonchev–Trinajstić information content (AvgIpc) is 2.87. The van der Waals surface area contributed by atoms with Gasteiger partial charge in [0.2, 0.25) is 0 Å². The number of carbonyl (C=O) groups excluding carboxylic acids is 1. The molecule has 23 heavy (non-hydrogen) atoms. The van der Waals surface area contributed by atoms with Gasteiger partial charge in [0.25, 0.3) is 0 Å². The number of carbonyl (C=O) groups is 1. The number of thioether (sulfide) groups is 1. The summed E-state index contributed by atoms with van der Waals surface area (Å²) in [7, 11) is 1.80. The number of benzene rings is 1. The van der Waals surface area contributed by atoms with Gasteiger partial charge in [-0.25, -0.2) is 4.79 Å². The van der Waals surface area contributed by atoms with Crippen molar-refractivity contribution in [2.45, 2.75) is 37.8 Å². The highest BCUT2D eigenvalue weighted by Gasteiger charge is 2.24. The number of fused-ring (bicyclic) bond motifs is 1. The van der Waals surface area contributed by atoms with Crippen LogP contribution < -0.4 is 5.32 Å². The molecule has 1 N–H and O–H groups in total. The molecule has 0 radical (unpaired) electrons. The third-order valence-corrected chi connectivity index (χ3v) is 5.30. The van der Waals surface area contributed by atoms with Crippen molar-refractivity contribution in [3.63, 3.8) is 0 Å². The van der Waals surface area contributed by atoms with E-state index in [0.717, 1.165) is 29.2 Å². The maximum absolute atomic E-state index is 12.5. The van der Waals surface area contributed by atoms with Crippen molar-refractivity contribution < 1.29 is 9.32 Å². The van der Waals surface area contributed by atoms with E-state index in [1.165, 1.54) is 10.5 Å². The highest BCUT2D eigenvalue weighted by atomic mass is 32.2. The molecule has 1 aliphatic rings. The van der Waals surface area contributed by atoms with Crippen molar-refractivity contribution in [2.24, 2.45) is 0 Å². The lowest BCUT2D eigenvalue weighted by molar-refractivity contribution is 0.202.